The number of aliphatic hydroxyl groups is 1. The van der Waals surface area contributed by atoms with Crippen LogP contribution in [-0.4, -0.2) is 32.0 Å². The first-order chi connectivity index (χ1) is 4.31. The summed E-state index contributed by atoms with van der Waals surface area (Å²) in [6.45, 7) is -0.152. The van der Waals surface area contributed by atoms with E-state index in [4.69, 9.17) is 5.11 Å². The van der Waals surface area contributed by atoms with Crippen molar-refractivity contribution in [2.75, 3.05) is 13.2 Å². The summed E-state index contributed by atoms with van der Waals surface area (Å²) in [7, 11) is 1.69. The van der Waals surface area contributed by atoms with Crippen molar-refractivity contribution in [2.24, 2.45) is 0 Å². The molecule has 0 aromatic carbocycles. The van der Waals surface area contributed by atoms with Crippen molar-refractivity contribution in [1.82, 2.24) is 5.32 Å². The summed E-state index contributed by atoms with van der Waals surface area (Å²) in [5.74, 6) is 4.83. The number of amides is 1. The molecular formula is C5H8BNO2. The summed E-state index contributed by atoms with van der Waals surface area (Å²) in [5, 5.41) is 10.5. The highest BCUT2D eigenvalue weighted by Crippen LogP contribution is 1.59. The van der Waals surface area contributed by atoms with Crippen LogP contribution in [-0.2, 0) is 4.79 Å². The molecule has 0 rings (SSSR count). The van der Waals surface area contributed by atoms with E-state index in [1.54, 1.807) is 7.85 Å². The van der Waals surface area contributed by atoms with Gasteiger partial charge in [-0.1, -0.05) is 5.92 Å². The lowest BCUT2D eigenvalue weighted by atomic mass is 10.2. The lowest BCUT2D eigenvalue weighted by molar-refractivity contribution is -0.123. The Balaban J connectivity index is 3.24. The quantitative estimate of drug-likeness (QED) is 0.321. The van der Waals surface area contributed by atoms with Crippen molar-refractivity contribution in [2.45, 2.75) is 0 Å². The third kappa shape index (κ3) is 4.92. The third-order valence-corrected chi connectivity index (χ3v) is 0.694. The summed E-state index contributed by atoms with van der Waals surface area (Å²) in [6.07, 6.45) is 0. The first-order valence-electron chi connectivity index (χ1n) is 2.58. The number of aliphatic hydroxyl groups excluding tert-OH is 1. The Labute approximate surface area is 54.9 Å². The van der Waals surface area contributed by atoms with Crippen molar-refractivity contribution in [1.29, 1.82) is 0 Å². The van der Waals surface area contributed by atoms with Crippen LogP contribution >= 0.6 is 0 Å². The van der Waals surface area contributed by atoms with E-state index in [2.05, 4.69) is 17.1 Å². The number of rotatable bonds is 2. The fraction of sp³-hybridized carbons (Fsp3) is 0.400. The predicted molar refractivity (Wildman–Crippen MR) is 36.4 cm³/mol. The highest BCUT2D eigenvalue weighted by molar-refractivity contribution is 6.22. The van der Waals surface area contributed by atoms with Crippen molar-refractivity contribution in [3.63, 3.8) is 0 Å². The maximum atomic E-state index is 10.3. The molecule has 1 amide bonds. The first kappa shape index (κ1) is 8.05. The second kappa shape index (κ2) is 5.20. The van der Waals surface area contributed by atoms with Gasteiger partial charge in [-0.05, 0) is 0 Å². The van der Waals surface area contributed by atoms with E-state index in [1.807, 2.05) is 0 Å². The van der Waals surface area contributed by atoms with Crippen LogP contribution in [0, 0.1) is 11.7 Å². The van der Waals surface area contributed by atoms with Gasteiger partial charge in [-0.25, -0.2) is 0 Å². The Morgan fingerprint density at radius 1 is 1.78 bits per heavy atom. The molecule has 0 spiro atoms. The van der Waals surface area contributed by atoms with Gasteiger partial charge in [0.2, 0.25) is 5.91 Å². The maximum absolute atomic E-state index is 10.3. The highest BCUT2D eigenvalue weighted by Gasteiger charge is 1.91. The second-order valence-corrected chi connectivity index (χ2v) is 1.36. The van der Waals surface area contributed by atoms with Gasteiger partial charge in [-0.2, -0.15) is 5.82 Å². The van der Waals surface area contributed by atoms with E-state index in [1.165, 1.54) is 0 Å². The molecule has 0 saturated carbocycles. The van der Waals surface area contributed by atoms with Gasteiger partial charge in [0.05, 0.1) is 6.54 Å². The molecule has 0 bridgehead atoms. The third-order valence-electron chi connectivity index (χ3n) is 0.694. The van der Waals surface area contributed by atoms with Gasteiger partial charge < -0.3 is 10.4 Å². The van der Waals surface area contributed by atoms with Crippen molar-refractivity contribution < 1.29 is 9.90 Å². The van der Waals surface area contributed by atoms with E-state index in [0.29, 0.717) is 6.54 Å². The first-order valence-corrected chi connectivity index (χ1v) is 2.58. The molecule has 0 fully saturated rings. The van der Waals surface area contributed by atoms with Crippen LogP contribution in [0.3, 0.4) is 0 Å². The fourth-order valence-corrected chi connectivity index (χ4v) is 0.287. The van der Waals surface area contributed by atoms with Crippen LogP contribution in [0.25, 0.3) is 0 Å². The fourth-order valence-electron chi connectivity index (χ4n) is 0.287. The SMILES string of the molecule is BC#CCNC(=O)CO. The van der Waals surface area contributed by atoms with E-state index in [0.717, 1.165) is 0 Å². The van der Waals surface area contributed by atoms with E-state index in [9.17, 15) is 4.79 Å². The number of carbonyl (C=O) groups excluding carboxylic acids is 1. The van der Waals surface area contributed by atoms with Crippen molar-refractivity contribution in [3.8, 4) is 11.7 Å². The molecule has 0 heterocycles. The Morgan fingerprint density at radius 3 is 2.89 bits per heavy atom. The van der Waals surface area contributed by atoms with Gasteiger partial charge in [-0.15, -0.1) is 0 Å². The summed E-state index contributed by atoms with van der Waals surface area (Å²) >= 11 is 0. The topological polar surface area (TPSA) is 49.3 Å². The van der Waals surface area contributed by atoms with Gasteiger partial charge in [-0.3, -0.25) is 4.79 Å². The Bertz CT molecular complexity index is 147. The van der Waals surface area contributed by atoms with Crippen LogP contribution in [0.5, 0.6) is 0 Å². The molecule has 0 aromatic rings. The van der Waals surface area contributed by atoms with Crippen LogP contribution in [0.2, 0.25) is 0 Å². The maximum Gasteiger partial charge on any atom is 0.246 e. The van der Waals surface area contributed by atoms with Crippen LogP contribution < -0.4 is 5.32 Å². The molecule has 4 heteroatoms. The van der Waals surface area contributed by atoms with Gasteiger partial charge in [0.1, 0.15) is 6.61 Å². The smallest absolute Gasteiger partial charge is 0.246 e. The van der Waals surface area contributed by atoms with Crippen molar-refractivity contribution in [3.05, 3.63) is 0 Å². The van der Waals surface area contributed by atoms with Crippen LogP contribution in [0.1, 0.15) is 0 Å². The minimum Gasteiger partial charge on any atom is -0.387 e. The molecule has 0 aliphatic rings. The molecular weight excluding hydrogens is 117 g/mol. The lowest BCUT2D eigenvalue weighted by Crippen LogP contribution is -2.26. The number of carbonyl (C=O) groups is 1. The normalized spacial score (nSPS) is 7.22. The van der Waals surface area contributed by atoms with Gasteiger partial charge in [0, 0.05) is 0 Å². The number of nitrogens with one attached hydrogen (secondary N) is 1. The largest absolute Gasteiger partial charge is 0.387 e. The minimum absolute atomic E-state index is 0.315. The Morgan fingerprint density at radius 2 is 2.44 bits per heavy atom. The monoisotopic (exact) mass is 125 g/mol. The average Bonchev–Trinajstić information content (AvgIpc) is 1.89. The van der Waals surface area contributed by atoms with E-state index < -0.39 is 12.5 Å². The minimum atomic E-state index is -0.467. The molecule has 0 aliphatic carbocycles. The molecule has 0 atom stereocenters. The zero-order valence-corrected chi connectivity index (χ0v) is 5.27. The number of hydrogen-bond donors (Lipinski definition) is 2. The second-order valence-electron chi connectivity index (χ2n) is 1.36. The van der Waals surface area contributed by atoms with E-state index in [-0.39, 0.29) is 0 Å². The van der Waals surface area contributed by atoms with Gasteiger partial charge in [0.25, 0.3) is 0 Å². The summed E-state index contributed by atoms with van der Waals surface area (Å²) in [6, 6.07) is 0. The summed E-state index contributed by atoms with van der Waals surface area (Å²) in [4.78, 5) is 10.3. The molecule has 0 saturated heterocycles. The molecule has 48 valence electrons. The molecule has 9 heavy (non-hydrogen) atoms. The molecule has 2 N–H and O–H groups in total. The molecule has 0 radical (unpaired) electrons. The predicted octanol–water partition coefficient (Wildman–Crippen LogP) is -2.31. The summed E-state index contributed by atoms with van der Waals surface area (Å²) in [5.41, 5.74) is 0. The number of hydrogen-bond acceptors (Lipinski definition) is 2. The summed E-state index contributed by atoms with van der Waals surface area (Å²) < 4.78 is 0. The zero-order valence-electron chi connectivity index (χ0n) is 5.27. The molecule has 3 nitrogen and oxygen atoms in total. The standard InChI is InChI=1S/C5H8BNO2/c6-2-1-3-7-5(9)4-8/h8H,3-4,6H2,(H,7,9). The van der Waals surface area contributed by atoms with Gasteiger partial charge >= 0.3 is 0 Å². The van der Waals surface area contributed by atoms with Crippen LogP contribution in [0.15, 0.2) is 0 Å². The van der Waals surface area contributed by atoms with Crippen molar-refractivity contribution >= 4 is 13.8 Å². The highest BCUT2D eigenvalue weighted by atomic mass is 16.3. The lowest BCUT2D eigenvalue weighted by Gasteiger charge is -1.93. The molecule has 0 aromatic heterocycles. The molecule has 0 aliphatic heterocycles. The van der Waals surface area contributed by atoms with E-state index >= 15 is 0 Å². The zero-order chi connectivity index (χ0) is 7.11. The molecule has 0 unspecified atom stereocenters. The Hall–Kier alpha value is -0.945. The van der Waals surface area contributed by atoms with Crippen LogP contribution in [0.4, 0.5) is 0 Å². The van der Waals surface area contributed by atoms with Gasteiger partial charge in [0.15, 0.2) is 7.85 Å². The Kier molecular flexibility index (Phi) is 4.65. The average molecular weight is 125 g/mol.